The average Bonchev–Trinajstić information content (AvgIpc) is 3.22. The topological polar surface area (TPSA) is 55.6 Å². The van der Waals surface area contributed by atoms with Crippen molar-refractivity contribution in [1.82, 2.24) is 4.90 Å². The lowest BCUT2D eigenvalue weighted by Crippen LogP contribution is -2.42. The molecule has 1 amide bonds. The standard InChI is InChI=1S/C23H26N2O2/c24-17-11-15-9-10-25(13-16(15)12-17)23(26)27-14-22-20-7-3-1-5-18(20)19-6-2-4-8-21(19)22/h1-8,15-17,22H,9-14,24H2/t15-,16-,17?/m1/s1. The van der Waals surface area contributed by atoms with Crippen molar-refractivity contribution in [3.63, 3.8) is 0 Å². The molecule has 3 aliphatic rings. The highest BCUT2D eigenvalue weighted by atomic mass is 16.6. The first-order chi connectivity index (χ1) is 13.2. The number of amides is 1. The minimum absolute atomic E-state index is 0.124. The zero-order valence-corrected chi connectivity index (χ0v) is 15.5. The summed E-state index contributed by atoms with van der Waals surface area (Å²) < 4.78 is 5.81. The fourth-order valence-electron chi connectivity index (χ4n) is 5.38. The number of ether oxygens (including phenoxy) is 1. The molecule has 2 aromatic rings. The molecule has 0 aromatic heterocycles. The van der Waals surface area contributed by atoms with Crippen molar-refractivity contribution in [2.24, 2.45) is 17.6 Å². The lowest BCUT2D eigenvalue weighted by atomic mass is 9.89. The Morgan fingerprint density at radius 1 is 1.00 bits per heavy atom. The highest BCUT2D eigenvalue weighted by molar-refractivity contribution is 5.79. The van der Waals surface area contributed by atoms with E-state index in [1.807, 2.05) is 4.90 Å². The Labute approximate surface area is 160 Å². The van der Waals surface area contributed by atoms with Crippen molar-refractivity contribution in [1.29, 1.82) is 0 Å². The number of carbonyl (C=O) groups is 1. The number of fused-ring (bicyclic) bond motifs is 4. The predicted molar refractivity (Wildman–Crippen MR) is 105 cm³/mol. The van der Waals surface area contributed by atoms with Gasteiger partial charge in [-0.2, -0.15) is 0 Å². The summed E-state index contributed by atoms with van der Waals surface area (Å²) in [6.45, 7) is 2.00. The van der Waals surface area contributed by atoms with Crippen LogP contribution in [-0.2, 0) is 4.74 Å². The fourth-order valence-corrected chi connectivity index (χ4v) is 5.38. The second-order valence-electron chi connectivity index (χ2n) is 8.29. The molecule has 4 nitrogen and oxygen atoms in total. The average molecular weight is 362 g/mol. The maximum absolute atomic E-state index is 12.7. The fraction of sp³-hybridized carbons (Fsp3) is 0.435. The molecule has 0 bridgehead atoms. The molecule has 27 heavy (non-hydrogen) atoms. The number of piperidine rings is 1. The van der Waals surface area contributed by atoms with Gasteiger partial charge in [-0.25, -0.2) is 4.79 Å². The van der Waals surface area contributed by atoms with Gasteiger partial charge in [0.15, 0.2) is 0 Å². The van der Waals surface area contributed by atoms with E-state index < -0.39 is 0 Å². The SMILES string of the molecule is NC1C[C@H]2CCN(C(=O)OCC3c4ccccc4-c4ccccc43)C[C@H]2C1. The Morgan fingerprint density at radius 3 is 2.33 bits per heavy atom. The van der Waals surface area contributed by atoms with Crippen LogP contribution in [0.4, 0.5) is 4.79 Å². The molecule has 140 valence electrons. The van der Waals surface area contributed by atoms with Gasteiger partial charge in [-0.1, -0.05) is 48.5 Å². The van der Waals surface area contributed by atoms with Crippen LogP contribution in [0.3, 0.4) is 0 Å². The van der Waals surface area contributed by atoms with Crippen molar-refractivity contribution in [3.8, 4) is 11.1 Å². The van der Waals surface area contributed by atoms with Crippen LogP contribution in [0.5, 0.6) is 0 Å². The Kier molecular flexibility index (Phi) is 4.16. The monoisotopic (exact) mass is 362 g/mol. The summed E-state index contributed by atoms with van der Waals surface area (Å²) in [7, 11) is 0. The Hall–Kier alpha value is -2.33. The molecule has 1 saturated heterocycles. The van der Waals surface area contributed by atoms with E-state index >= 15 is 0 Å². The molecule has 0 spiro atoms. The Bertz CT molecular complexity index is 819. The molecule has 5 rings (SSSR count). The van der Waals surface area contributed by atoms with Crippen LogP contribution < -0.4 is 5.73 Å². The second kappa shape index (κ2) is 6.68. The minimum atomic E-state index is -0.171. The lowest BCUT2D eigenvalue weighted by molar-refractivity contribution is 0.0732. The molecule has 1 unspecified atom stereocenters. The molecule has 1 heterocycles. The van der Waals surface area contributed by atoms with Crippen LogP contribution in [0.1, 0.15) is 36.3 Å². The van der Waals surface area contributed by atoms with Gasteiger partial charge in [-0.3, -0.25) is 0 Å². The zero-order chi connectivity index (χ0) is 18.4. The molecular weight excluding hydrogens is 336 g/mol. The molecule has 1 saturated carbocycles. The Balaban J connectivity index is 1.28. The van der Waals surface area contributed by atoms with E-state index in [1.54, 1.807) is 0 Å². The molecule has 2 fully saturated rings. The van der Waals surface area contributed by atoms with Crippen molar-refractivity contribution in [2.75, 3.05) is 19.7 Å². The number of rotatable bonds is 2. The highest BCUT2D eigenvalue weighted by Crippen LogP contribution is 2.44. The van der Waals surface area contributed by atoms with E-state index in [-0.39, 0.29) is 12.0 Å². The van der Waals surface area contributed by atoms with Gasteiger partial charge in [0.25, 0.3) is 0 Å². The summed E-state index contributed by atoms with van der Waals surface area (Å²) in [6.07, 6.45) is 3.04. The van der Waals surface area contributed by atoms with Crippen molar-refractivity contribution in [2.45, 2.75) is 31.2 Å². The van der Waals surface area contributed by atoms with Gasteiger partial charge in [-0.05, 0) is 53.4 Å². The number of benzene rings is 2. The number of hydrogen-bond donors (Lipinski definition) is 1. The van der Waals surface area contributed by atoms with Crippen LogP contribution in [0.15, 0.2) is 48.5 Å². The van der Waals surface area contributed by atoms with E-state index in [0.717, 1.165) is 32.4 Å². The molecule has 0 radical (unpaired) electrons. The molecule has 1 aliphatic heterocycles. The smallest absolute Gasteiger partial charge is 0.409 e. The summed E-state index contributed by atoms with van der Waals surface area (Å²) in [4.78, 5) is 14.6. The van der Waals surface area contributed by atoms with Crippen molar-refractivity contribution in [3.05, 3.63) is 59.7 Å². The van der Waals surface area contributed by atoms with Crippen LogP contribution in [-0.4, -0.2) is 36.7 Å². The van der Waals surface area contributed by atoms with E-state index in [0.29, 0.717) is 24.5 Å². The predicted octanol–water partition coefficient (Wildman–Crippen LogP) is 3.99. The third-order valence-electron chi connectivity index (χ3n) is 6.70. The van der Waals surface area contributed by atoms with Gasteiger partial charge in [0.05, 0.1) is 0 Å². The largest absolute Gasteiger partial charge is 0.448 e. The second-order valence-corrected chi connectivity index (χ2v) is 8.29. The van der Waals surface area contributed by atoms with E-state index in [4.69, 9.17) is 10.5 Å². The first-order valence-corrected chi connectivity index (χ1v) is 10.1. The third-order valence-corrected chi connectivity index (χ3v) is 6.70. The highest BCUT2D eigenvalue weighted by Gasteiger charge is 2.38. The first kappa shape index (κ1) is 16.8. The zero-order valence-electron chi connectivity index (χ0n) is 15.5. The van der Waals surface area contributed by atoms with Crippen LogP contribution in [0, 0.1) is 11.8 Å². The summed E-state index contributed by atoms with van der Waals surface area (Å²) in [5.41, 5.74) is 11.1. The number of nitrogens with zero attached hydrogens (tertiary/aromatic N) is 1. The summed E-state index contributed by atoms with van der Waals surface area (Å²) in [5, 5.41) is 0. The number of nitrogens with two attached hydrogens (primary N) is 1. The first-order valence-electron chi connectivity index (χ1n) is 10.1. The van der Waals surface area contributed by atoms with Gasteiger partial charge in [-0.15, -0.1) is 0 Å². The molecule has 2 N–H and O–H groups in total. The van der Waals surface area contributed by atoms with Gasteiger partial charge >= 0.3 is 6.09 Å². The maximum atomic E-state index is 12.7. The molecule has 2 aliphatic carbocycles. The maximum Gasteiger partial charge on any atom is 0.409 e. The Morgan fingerprint density at radius 2 is 1.63 bits per heavy atom. The molecule has 2 aromatic carbocycles. The lowest BCUT2D eigenvalue weighted by Gasteiger charge is -2.34. The molecule has 3 atom stereocenters. The quantitative estimate of drug-likeness (QED) is 0.879. The normalized spacial score (nSPS) is 26.4. The van der Waals surface area contributed by atoms with E-state index in [9.17, 15) is 4.79 Å². The van der Waals surface area contributed by atoms with Crippen LogP contribution >= 0.6 is 0 Å². The summed E-state index contributed by atoms with van der Waals surface area (Å²) >= 11 is 0. The van der Waals surface area contributed by atoms with Crippen LogP contribution in [0.2, 0.25) is 0 Å². The van der Waals surface area contributed by atoms with Gasteiger partial charge in [0, 0.05) is 25.0 Å². The van der Waals surface area contributed by atoms with Gasteiger partial charge < -0.3 is 15.4 Å². The summed E-state index contributed by atoms with van der Waals surface area (Å²) in [5.74, 6) is 1.37. The number of likely N-dealkylation sites (tertiary alicyclic amines) is 1. The molecule has 4 heteroatoms. The number of hydrogen-bond acceptors (Lipinski definition) is 3. The molecular formula is C23H26N2O2. The minimum Gasteiger partial charge on any atom is -0.448 e. The van der Waals surface area contributed by atoms with Crippen molar-refractivity contribution < 1.29 is 9.53 Å². The summed E-state index contributed by atoms with van der Waals surface area (Å²) in [6, 6.07) is 17.2. The van der Waals surface area contributed by atoms with Crippen LogP contribution in [0.25, 0.3) is 11.1 Å². The van der Waals surface area contributed by atoms with Crippen molar-refractivity contribution >= 4 is 6.09 Å². The van der Waals surface area contributed by atoms with E-state index in [2.05, 4.69) is 48.5 Å². The van der Waals surface area contributed by atoms with E-state index in [1.165, 1.54) is 22.3 Å². The number of carbonyl (C=O) groups excluding carboxylic acids is 1. The van der Waals surface area contributed by atoms with Gasteiger partial charge in [0.2, 0.25) is 0 Å². The third kappa shape index (κ3) is 2.92. The van der Waals surface area contributed by atoms with Gasteiger partial charge in [0.1, 0.15) is 6.61 Å².